The van der Waals surface area contributed by atoms with Crippen LogP contribution in [0.4, 0.5) is 5.69 Å². The van der Waals surface area contributed by atoms with Gasteiger partial charge < -0.3 is 20.5 Å². The summed E-state index contributed by atoms with van der Waals surface area (Å²) in [6, 6.07) is 4.47. The van der Waals surface area contributed by atoms with E-state index in [4.69, 9.17) is 15.6 Å². The second-order valence-corrected chi connectivity index (χ2v) is 5.05. The second-order valence-electron chi connectivity index (χ2n) is 5.05. The second kappa shape index (κ2) is 5.27. The van der Waals surface area contributed by atoms with E-state index in [1.54, 1.807) is 6.07 Å². The average molecular weight is 252 g/mol. The molecule has 0 amide bonds. The summed E-state index contributed by atoms with van der Waals surface area (Å²) in [7, 11) is 3.94. The van der Waals surface area contributed by atoms with Crippen molar-refractivity contribution in [1.82, 2.24) is 4.90 Å². The van der Waals surface area contributed by atoms with Gasteiger partial charge in [0.1, 0.15) is 12.4 Å². The van der Waals surface area contributed by atoms with Gasteiger partial charge >= 0.3 is 5.97 Å². The van der Waals surface area contributed by atoms with E-state index in [9.17, 15) is 4.79 Å². The van der Waals surface area contributed by atoms with Crippen molar-refractivity contribution in [3.63, 3.8) is 0 Å². The molecule has 0 aliphatic rings. The minimum Gasteiger partial charge on any atom is -0.490 e. The summed E-state index contributed by atoms with van der Waals surface area (Å²) in [5.74, 6) is -0.489. The molecule has 0 heterocycles. The zero-order valence-corrected chi connectivity index (χ0v) is 11.2. The van der Waals surface area contributed by atoms with E-state index in [0.717, 1.165) is 0 Å². The van der Waals surface area contributed by atoms with Gasteiger partial charge in [0.15, 0.2) is 0 Å². The summed E-state index contributed by atoms with van der Waals surface area (Å²) in [6.45, 7) is 4.57. The normalized spacial score (nSPS) is 11.6. The van der Waals surface area contributed by atoms with Gasteiger partial charge in [0, 0.05) is 5.54 Å². The monoisotopic (exact) mass is 252 g/mol. The number of hydrogen-bond donors (Lipinski definition) is 2. The molecule has 0 bridgehead atoms. The first kappa shape index (κ1) is 14.3. The molecule has 5 heteroatoms. The number of likely N-dealkylation sites (N-methyl/N-ethyl adjacent to an activating group) is 1. The highest BCUT2D eigenvalue weighted by atomic mass is 16.5. The molecule has 18 heavy (non-hydrogen) atoms. The van der Waals surface area contributed by atoms with Gasteiger partial charge in [-0.15, -0.1) is 0 Å². The number of anilines is 1. The molecule has 0 radical (unpaired) electrons. The Morgan fingerprint density at radius 3 is 2.50 bits per heavy atom. The molecule has 100 valence electrons. The maximum atomic E-state index is 10.8. The fourth-order valence-corrected chi connectivity index (χ4v) is 1.20. The van der Waals surface area contributed by atoms with Crippen molar-refractivity contribution in [1.29, 1.82) is 0 Å². The predicted molar refractivity (Wildman–Crippen MR) is 71.1 cm³/mol. The van der Waals surface area contributed by atoms with Crippen molar-refractivity contribution in [2.75, 3.05) is 26.4 Å². The molecule has 3 N–H and O–H groups in total. The highest BCUT2D eigenvalue weighted by molar-refractivity contribution is 5.89. The molecule has 0 saturated carbocycles. The van der Waals surface area contributed by atoms with Crippen molar-refractivity contribution >= 4 is 11.7 Å². The molecule has 0 atom stereocenters. The quantitative estimate of drug-likeness (QED) is 0.780. The van der Waals surface area contributed by atoms with E-state index in [1.807, 2.05) is 14.1 Å². The van der Waals surface area contributed by atoms with Crippen molar-refractivity contribution in [3.8, 4) is 5.75 Å². The van der Waals surface area contributed by atoms with E-state index in [1.165, 1.54) is 12.1 Å². The Labute approximate surface area is 107 Å². The summed E-state index contributed by atoms with van der Waals surface area (Å²) < 4.78 is 5.64. The van der Waals surface area contributed by atoms with Gasteiger partial charge in [0.05, 0.1) is 11.3 Å². The molecule has 0 aliphatic carbocycles. The lowest BCUT2D eigenvalue weighted by atomic mass is 10.1. The third kappa shape index (κ3) is 3.37. The number of benzene rings is 1. The van der Waals surface area contributed by atoms with Gasteiger partial charge in [-0.1, -0.05) is 0 Å². The Balaban J connectivity index is 2.78. The van der Waals surface area contributed by atoms with E-state index in [2.05, 4.69) is 18.7 Å². The Morgan fingerprint density at radius 1 is 1.44 bits per heavy atom. The van der Waals surface area contributed by atoms with Crippen LogP contribution in [-0.2, 0) is 0 Å². The van der Waals surface area contributed by atoms with Crippen LogP contribution in [0.15, 0.2) is 18.2 Å². The number of aromatic carboxylic acids is 1. The van der Waals surface area contributed by atoms with E-state index >= 15 is 0 Å². The molecule has 5 nitrogen and oxygen atoms in total. The lowest BCUT2D eigenvalue weighted by molar-refractivity contribution is 0.0696. The number of rotatable bonds is 5. The van der Waals surface area contributed by atoms with Crippen LogP contribution in [0.2, 0.25) is 0 Å². The number of carbonyl (C=O) groups is 1. The smallest absolute Gasteiger partial charge is 0.335 e. The fourth-order valence-electron chi connectivity index (χ4n) is 1.20. The summed E-state index contributed by atoms with van der Waals surface area (Å²) in [5.41, 5.74) is 6.13. The molecule has 1 rings (SSSR count). The maximum absolute atomic E-state index is 10.8. The van der Waals surface area contributed by atoms with E-state index < -0.39 is 5.97 Å². The molecule has 0 unspecified atom stereocenters. The summed E-state index contributed by atoms with van der Waals surface area (Å²) in [6.07, 6.45) is 0. The zero-order chi connectivity index (χ0) is 13.9. The van der Waals surface area contributed by atoms with Gasteiger partial charge in [-0.05, 0) is 46.1 Å². The number of carboxylic acid groups (broad SMARTS) is 1. The third-order valence-electron chi connectivity index (χ3n) is 3.05. The van der Waals surface area contributed by atoms with Crippen LogP contribution in [0.25, 0.3) is 0 Å². The van der Waals surface area contributed by atoms with Gasteiger partial charge in [0.25, 0.3) is 0 Å². The Bertz CT molecular complexity index is 442. The molecule has 0 aromatic heterocycles. The molecule has 0 saturated heterocycles. The highest BCUT2D eigenvalue weighted by Gasteiger charge is 2.21. The molecule has 1 aromatic rings. The highest BCUT2D eigenvalue weighted by Crippen LogP contribution is 2.24. The minimum atomic E-state index is -0.998. The molecule has 1 aromatic carbocycles. The summed E-state index contributed by atoms with van der Waals surface area (Å²) in [5, 5.41) is 8.83. The number of hydrogen-bond acceptors (Lipinski definition) is 4. The molecular weight excluding hydrogens is 232 g/mol. The van der Waals surface area contributed by atoms with Crippen molar-refractivity contribution in [2.45, 2.75) is 19.4 Å². The number of ether oxygens (including phenoxy) is 1. The topological polar surface area (TPSA) is 75.8 Å². The van der Waals surface area contributed by atoms with E-state index in [-0.39, 0.29) is 11.1 Å². The van der Waals surface area contributed by atoms with Crippen LogP contribution >= 0.6 is 0 Å². The van der Waals surface area contributed by atoms with Crippen molar-refractivity contribution in [3.05, 3.63) is 23.8 Å². The molecule has 0 aliphatic heterocycles. The van der Waals surface area contributed by atoms with Gasteiger partial charge in [-0.3, -0.25) is 0 Å². The Kier molecular flexibility index (Phi) is 4.19. The summed E-state index contributed by atoms with van der Waals surface area (Å²) in [4.78, 5) is 12.8. The van der Waals surface area contributed by atoms with Gasteiger partial charge in [-0.2, -0.15) is 0 Å². The van der Waals surface area contributed by atoms with Crippen LogP contribution in [0.5, 0.6) is 5.75 Å². The van der Waals surface area contributed by atoms with Gasteiger partial charge in [-0.25, -0.2) is 4.79 Å². The molecule has 0 spiro atoms. The van der Waals surface area contributed by atoms with Crippen LogP contribution in [0, 0.1) is 0 Å². The number of nitrogen functional groups attached to an aromatic ring is 1. The molecule has 0 fully saturated rings. The fraction of sp³-hybridized carbons (Fsp3) is 0.462. The third-order valence-corrected chi connectivity index (χ3v) is 3.05. The van der Waals surface area contributed by atoms with Gasteiger partial charge in [0.2, 0.25) is 0 Å². The van der Waals surface area contributed by atoms with Crippen LogP contribution < -0.4 is 10.5 Å². The Morgan fingerprint density at radius 2 is 2.06 bits per heavy atom. The first-order valence-corrected chi connectivity index (χ1v) is 5.67. The first-order chi connectivity index (χ1) is 8.24. The minimum absolute atomic E-state index is 0.127. The Hall–Kier alpha value is -1.75. The number of carboxylic acids is 1. The van der Waals surface area contributed by atoms with Crippen LogP contribution in [0.1, 0.15) is 24.2 Å². The lowest BCUT2D eigenvalue weighted by Gasteiger charge is -2.32. The van der Waals surface area contributed by atoms with E-state index in [0.29, 0.717) is 18.0 Å². The van der Waals surface area contributed by atoms with Crippen LogP contribution in [0.3, 0.4) is 0 Å². The lowest BCUT2D eigenvalue weighted by Crippen LogP contribution is -2.43. The van der Waals surface area contributed by atoms with Crippen LogP contribution in [-0.4, -0.2) is 42.2 Å². The SMILES string of the molecule is CN(C)C(C)(C)COc1ccc(C(=O)O)cc1N. The molecular formula is C13H20N2O3. The summed E-state index contributed by atoms with van der Waals surface area (Å²) >= 11 is 0. The predicted octanol–water partition coefficient (Wildman–Crippen LogP) is 1.69. The number of nitrogens with zero attached hydrogens (tertiary/aromatic N) is 1. The largest absolute Gasteiger partial charge is 0.490 e. The first-order valence-electron chi connectivity index (χ1n) is 5.67. The standard InChI is InChI=1S/C13H20N2O3/c1-13(2,15(3)4)8-18-11-6-5-9(12(16)17)7-10(11)14/h5-7H,8,14H2,1-4H3,(H,16,17). The average Bonchev–Trinajstić information content (AvgIpc) is 2.26. The number of nitrogens with two attached hydrogens (primary N) is 1. The van der Waals surface area contributed by atoms with Crippen molar-refractivity contribution in [2.24, 2.45) is 0 Å². The maximum Gasteiger partial charge on any atom is 0.335 e. The zero-order valence-electron chi connectivity index (χ0n) is 11.2. The van der Waals surface area contributed by atoms with Crippen molar-refractivity contribution < 1.29 is 14.6 Å².